The Kier molecular flexibility index (Phi) is 8.16. The lowest BCUT2D eigenvalue weighted by molar-refractivity contribution is -0.141. The van der Waals surface area contributed by atoms with E-state index in [4.69, 9.17) is 0 Å². The summed E-state index contributed by atoms with van der Waals surface area (Å²) in [5, 5.41) is 5.49. The molecule has 1 amide bonds. The van der Waals surface area contributed by atoms with Crippen LogP contribution in [0.25, 0.3) is 0 Å². The fourth-order valence-electron chi connectivity index (χ4n) is 3.67. The summed E-state index contributed by atoms with van der Waals surface area (Å²) in [4.78, 5) is 16.1. The Morgan fingerprint density at radius 3 is 2.31 bits per heavy atom. The number of aromatic nitrogens is 1. The fraction of sp³-hybridized carbons (Fsp3) is 0.280. The number of aryl methyl sites for hydroxylation is 2. The lowest BCUT2D eigenvalue weighted by Crippen LogP contribution is -2.38. The van der Waals surface area contributed by atoms with E-state index in [1.54, 1.807) is 13.0 Å². The van der Waals surface area contributed by atoms with E-state index in [-0.39, 0.29) is 18.4 Å². The molecule has 4 nitrogen and oxygen atoms in total. The first kappa shape index (κ1) is 26.2. The number of hydrogen-bond donors (Lipinski definition) is 2. The predicted octanol–water partition coefficient (Wildman–Crippen LogP) is 5.58. The summed E-state index contributed by atoms with van der Waals surface area (Å²) in [7, 11) is 1.36. The van der Waals surface area contributed by atoms with Crippen molar-refractivity contribution in [2.24, 2.45) is 0 Å². The molecular weight excluding hydrogens is 472 g/mol. The third kappa shape index (κ3) is 6.60. The Labute approximate surface area is 198 Å². The van der Waals surface area contributed by atoms with Crippen LogP contribution < -0.4 is 10.6 Å². The second-order valence-corrected chi connectivity index (χ2v) is 8.03. The third-order valence-electron chi connectivity index (χ3n) is 5.57. The van der Waals surface area contributed by atoms with Crippen LogP contribution >= 0.6 is 0 Å². The van der Waals surface area contributed by atoms with Crippen molar-refractivity contribution >= 4 is 5.91 Å². The summed E-state index contributed by atoms with van der Waals surface area (Å²) in [5.41, 5.74) is 0.325. The van der Waals surface area contributed by atoms with Crippen LogP contribution in [0.2, 0.25) is 0 Å². The number of alkyl halides is 3. The molecule has 35 heavy (non-hydrogen) atoms. The lowest BCUT2D eigenvalue weighted by atomic mass is 9.95. The molecule has 0 aliphatic rings. The average Bonchev–Trinajstić information content (AvgIpc) is 2.81. The Balaban J connectivity index is 1.92. The number of amides is 1. The van der Waals surface area contributed by atoms with Gasteiger partial charge in [-0.15, -0.1) is 0 Å². The van der Waals surface area contributed by atoms with Gasteiger partial charge in [0.05, 0.1) is 0 Å². The average molecular weight is 495 g/mol. The van der Waals surface area contributed by atoms with Crippen LogP contribution in [-0.2, 0) is 17.4 Å². The van der Waals surface area contributed by atoms with Gasteiger partial charge in [0, 0.05) is 30.9 Å². The monoisotopic (exact) mass is 495 g/mol. The van der Waals surface area contributed by atoms with Crippen molar-refractivity contribution in [1.82, 2.24) is 15.6 Å². The number of benzene rings is 2. The van der Waals surface area contributed by atoms with Gasteiger partial charge in [0.1, 0.15) is 29.2 Å². The lowest BCUT2D eigenvalue weighted by Gasteiger charge is -2.26. The molecule has 10 heteroatoms. The zero-order valence-corrected chi connectivity index (χ0v) is 18.9. The second kappa shape index (κ2) is 10.9. The van der Waals surface area contributed by atoms with E-state index in [1.165, 1.54) is 25.2 Å². The Morgan fingerprint density at radius 1 is 1.00 bits per heavy atom. The summed E-state index contributed by atoms with van der Waals surface area (Å²) < 4.78 is 80.3. The van der Waals surface area contributed by atoms with Gasteiger partial charge < -0.3 is 5.32 Å². The van der Waals surface area contributed by atoms with Crippen LogP contribution in [0.1, 0.15) is 46.5 Å². The first-order valence-electron chi connectivity index (χ1n) is 10.7. The van der Waals surface area contributed by atoms with Crippen molar-refractivity contribution in [3.05, 3.63) is 100 Å². The molecule has 3 rings (SSSR count). The minimum Gasteiger partial charge on any atom is -0.358 e. The highest BCUT2D eigenvalue weighted by Crippen LogP contribution is 2.29. The molecule has 0 aliphatic carbocycles. The molecule has 1 aromatic heterocycles. The number of nitrogens with one attached hydrogen (secondary N) is 2. The zero-order chi connectivity index (χ0) is 25.8. The van der Waals surface area contributed by atoms with Crippen molar-refractivity contribution in [3.8, 4) is 0 Å². The molecule has 0 bridgehead atoms. The molecule has 0 saturated heterocycles. The maximum absolute atomic E-state index is 14.5. The number of carbonyl (C=O) groups excluding carboxylic acids is 1. The van der Waals surface area contributed by atoms with Crippen LogP contribution in [0.5, 0.6) is 0 Å². The van der Waals surface area contributed by atoms with Crippen LogP contribution in [0.3, 0.4) is 0 Å². The summed E-state index contributed by atoms with van der Waals surface area (Å²) >= 11 is 0. The number of hydrogen-bond acceptors (Lipinski definition) is 3. The minimum atomic E-state index is -4.56. The van der Waals surface area contributed by atoms with Crippen LogP contribution in [0.4, 0.5) is 26.3 Å². The quantitative estimate of drug-likeness (QED) is 0.402. The van der Waals surface area contributed by atoms with Gasteiger partial charge >= 0.3 is 6.18 Å². The van der Waals surface area contributed by atoms with Gasteiger partial charge in [0.25, 0.3) is 0 Å². The van der Waals surface area contributed by atoms with Crippen LogP contribution in [0.15, 0.2) is 54.7 Å². The van der Waals surface area contributed by atoms with Gasteiger partial charge in [-0.2, -0.15) is 13.2 Å². The molecule has 2 N–H and O–H groups in total. The Hall–Kier alpha value is -3.40. The van der Waals surface area contributed by atoms with Crippen molar-refractivity contribution < 1.29 is 31.1 Å². The molecule has 2 aromatic carbocycles. The number of pyridine rings is 1. The summed E-state index contributed by atoms with van der Waals surface area (Å²) in [6.07, 6.45) is -2.93. The predicted molar refractivity (Wildman–Crippen MR) is 118 cm³/mol. The number of nitrogens with zero attached hydrogens (tertiary/aromatic N) is 1. The second-order valence-electron chi connectivity index (χ2n) is 8.03. The molecule has 0 unspecified atom stereocenters. The SMILES string of the molecule is CNC(=O)[C@@H](N[C@@H](CCc1ccc(C(F)(F)F)nc1)c1ccc(F)c(C)c1)c1ccc(F)cc1F. The largest absolute Gasteiger partial charge is 0.433 e. The topological polar surface area (TPSA) is 54.0 Å². The van der Waals surface area contributed by atoms with E-state index in [1.807, 2.05) is 0 Å². The van der Waals surface area contributed by atoms with E-state index in [9.17, 15) is 31.1 Å². The number of halogens is 6. The van der Waals surface area contributed by atoms with Gasteiger partial charge in [0.2, 0.25) is 5.91 Å². The number of carbonyl (C=O) groups is 1. The van der Waals surface area contributed by atoms with Crippen molar-refractivity contribution in [2.45, 2.75) is 38.0 Å². The smallest absolute Gasteiger partial charge is 0.358 e. The normalized spacial score (nSPS) is 13.4. The molecule has 0 radical (unpaired) electrons. The minimum absolute atomic E-state index is 0.0919. The van der Waals surface area contributed by atoms with Gasteiger partial charge in [-0.3, -0.25) is 15.1 Å². The Morgan fingerprint density at radius 2 is 1.74 bits per heavy atom. The highest BCUT2D eigenvalue weighted by atomic mass is 19.4. The molecule has 1 heterocycles. The molecule has 3 aromatic rings. The molecule has 2 atom stereocenters. The molecule has 0 fully saturated rings. The van der Waals surface area contributed by atoms with E-state index in [2.05, 4.69) is 15.6 Å². The number of likely N-dealkylation sites (N-methyl/N-ethyl adjacent to an activating group) is 1. The first-order chi connectivity index (χ1) is 16.5. The maximum Gasteiger partial charge on any atom is 0.433 e. The molecule has 0 saturated carbocycles. The van der Waals surface area contributed by atoms with E-state index in [0.29, 0.717) is 22.8 Å². The molecule has 0 spiro atoms. The zero-order valence-electron chi connectivity index (χ0n) is 18.9. The summed E-state index contributed by atoms with van der Waals surface area (Å²) in [6, 6.07) is 7.51. The first-order valence-corrected chi connectivity index (χ1v) is 10.7. The van der Waals surface area contributed by atoms with Gasteiger partial charge in [0.15, 0.2) is 0 Å². The maximum atomic E-state index is 14.5. The van der Waals surface area contributed by atoms with Crippen molar-refractivity contribution in [1.29, 1.82) is 0 Å². The van der Waals surface area contributed by atoms with E-state index < -0.39 is 47.3 Å². The van der Waals surface area contributed by atoms with Gasteiger partial charge in [-0.1, -0.05) is 24.3 Å². The molecule has 186 valence electrons. The number of rotatable bonds is 8. The van der Waals surface area contributed by atoms with E-state index in [0.717, 1.165) is 24.4 Å². The Bertz CT molecular complexity index is 1180. The summed E-state index contributed by atoms with van der Waals surface area (Å²) in [6.45, 7) is 1.56. The van der Waals surface area contributed by atoms with Crippen molar-refractivity contribution in [2.75, 3.05) is 7.05 Å². The standard InChI is InChI=1S/C25H23F6N3O/c1-14-11-16(5-8-19(14)27)21(9-3-15-4-10-22(33-13-15)25(29,30)31)34-23(24(35)32-2)18-7-6-17(26)12-20(18)28/h4-8,10-13,21,23,34H,3,9H2,1-2H3,(H,32,35)/t21-,23-/m0/s1. The van der Waals surface area contributed by atoms with Crippen LogP contribution in [0, 0.1) is 24.4 Å². The van der Waals surface area contributed by atoms with Crippen LogP contribution in [-0.4, -0.2) is 17.9 Å². The van der Waals surface area contributed by atoms with Crippen molar-refractivity contribution in [3.63, 3.8) is 0 Å². The van der Waals surface area contributed by atoms with Gasteiger partial charge in [-0.25, -0.2) is 13.2 Å². The molecule has 0 aliphatic heterocycles. The summed E-state index contributed by atoms with van der Waals surface area (Å²) in [5.74, 6) is -2.75. The fourth-order valence-corrected chi connectivity index (χ4v) is 3.67. The highest BCUT2D eigenvalue weighted by Gasteiger charge is 2.32. The van der Waals surface area contributed by atoms with E-state index >= 15 is 0 Å². The third-order valence-corrected chi connectivity index (χ3v) is 5.57. The van der Waals surface area contributed by atoms with Gasteiger partial charge in [-0.05, 0) is 54.7 Å². The molecular formula is C25H23F6N3O. The highest BCUT2D eigenvalue weighted by molar-refractivity contribution is 5.83.